The lowest BCUT2D eigenvalue weighted by Crippen LogP contribution is -2.19. The molecule has 96 valence electrons. The van der Waals surface area contributed by atoms with Gasteiger partial charge in [0.1, 0.15) is 0 Å². The van der Waals surface area contributed by atoms with E-state index in [1.165, 1.54) is 11.1 Å². The van der Waals surface area contributed by atoms with E-state index in [2.05, 4.69) is 48.1 Å². The molecular formula is C14H19N3S. The Hall–Kier alpha value is -1.39. The molecule has 0 saturated heterocycles. The van der Waals surface area contributed by atoms with Crippen LogP contribution in [0.5, 0.6) is 0 Å². The Balaban J connectivity index is 1.93. The van der Waals surface area contributed by atoms with Gasteiger partial charge in [-0.3, -0.25) is 0 Å². The molecule has 1 aromatic carbocycles. The summed E-state index contributed by atoms with van der Waals surface area (Å²) in [5, 5.41) is 1.04. The van der Waals surface area contributed by atoms with E-state index in [4.69, 9.17) is 5.73 Å². The van der Waals surface area contributed by atoms with Gasteiger partial charge < -0.3 is 10.6 Å². The van der Waals surface area contributed by atoms with Gasteiger partial charge in [0.15, 0.2) is 5.13 Å². The zero-order valence-electron chi connectivity index (χ0n) is 10.9. The van der Waals surface area contributed by atoms with Crippen molar-refractivity contribution < 1.29 is 0 Å². The molecule has 0 amide bonds. The van der Waals surface area contributed by atoms with Gasteiger partial charge in [-0.1, -0.05) is 29.8 Å². The summed E-state index contributed by atoms with van der Waals surface area (Å²) in [4.78, 5) is 7.70. The number of hydrogen-bond acceptors (Lipinski definition) is 4. The average Bonchev–Trinajstić information content (AvgIpc) is 2.85. The lowest BCUT2D eigenvalue weighted by molar-refractivity contribution is 0.870. The molecule has 2 rings (SSSR count). The standard InChI is InChI=1S/C14H19N3S/c1-11-4-3-5-12(8-11)6-7-17(2)14-16-10-13(9-15)18-14/h3-5,8,10H,6-7,9,15H2,1-2H3. The third-order valence-electron chi connectivity index (χ3n) is 2.89. The second kappa shape index (κ2) is 5.98. The largest absolute Gasteiger partial charge is 0.351 e. The molecule has 0 aliphatic carbocycles. The Kier molecular flexibility index (Phi) is 4.33. The van der Waals surface area contributed by atoms with Crippen LogP contribution in [0.2, 0.25) is 0 Å². The molecule has 0 unspecified atom stereocenters. The zero-order valence-corrected chi connectivity index (χ0v) is 11.7. The van der Waals surface area contributed by atoms with Gasteiger partial charge in [-0.25, -0.2) is 4.98 Å². The Bertz CT molecular complexity index is 507. The number of hydrogen-bond donors (Lipinski definition) is 1. The van der Waals surface area contributed by atoms with Gasteiger partial charge in [-0.2, -0.15) is 0 Å². The molecular weight excluding hydrogens is 242 g/mol. The van der Waals surface area contributed by atoms with Crippen molar-refractivity contribution in [3.05, 3.63) is 46.5 Å². The number of nitrogens with zero attached hydrogens (tertiary/aromatic N) is 2. The quantitative estimate of drug-likeness (QED) is 0.899. The second-order valence-corrected chi connectivity index (χ2v) is 5.57. The van der Waals surface area contributed by atoms with E-state index < -0.39 is 0 Å². The average molecular weight is 261 g/mol. The smallest absolute Gasteiger partial charge is 0.185 e. The molecule has 18 heavy (non-hydrogen) atoms. The second-order valence-electron chi connectivity index (χ2n) is 4.47. The maximum atomic E-state index is 5.60. The van der Waals surface area contributed by atoms with Gasteiger partial charge in [0, 0.05) is 31.2 Å². The van der Waals surface area contributed by atoms with Gasteiger partial charge in [0.25, 0.3) is 0 Å². The topological polar surface area (TPSA) is 42.2 Å². The lowest BCUT2D eigenvalue weighted by Gasteiger charge is -2.15. The highest BCUT2D eigenvalue weighted by Crippen LogP contribution is 2.21. The minimum atomic E-state index is 0.573. The predicted octanol–water partition coefficient (Wildman–Crippen LogP) is 2.59. The van der Waals surface area contributed by atoms with Crippen molar-refractivity contribution in [1.29, 1.82) is 0 Å². The van der Waals surface area contributed by atoms with Crippen LogP contribution in [0.25, 0.3) is 0 Å². The summed E-state index contributed by atoms with van der Waals surface area (Å²) >= 11 is 1.67. The van der Waals surface area contributed by atoms with E-state index in [0.717, 1.165) is 23.0 Å². The highest BCUT2D eigenvalue weighted by atomic mass is 32.1. The minimum absolute atomic E-state index is 0.573. The first-order valence-electron chi connectivity index (χ1n) is 6.10. The first-order valence-corrected chi connectivity index (χ1v) is 6.92. The molecule has 0 spiro atoms. The van der Waals surface area contributed by atoms with Crippen molar-refractivity contribution in [2.24, 2.45) is 5.73 Å². The van der Waals surface area contributed by atoms with E-state index in [0.29, 0.717) is 6.54 Å². The van der Waals surface area contributed by atoms with Gasteiger partial charge in [0.2, 0.25) is 0 Å². The number of aryl methyl sites for hydroxylation is 1. The van der Waals surface area contributed by atoms with E-state index in [1.54, 1.807) is 11.3 Å². The van der Waals surface area contributed by atoms with Crippen LogP contribution in [0.4, 0.5) is 5.13 Å². The Morgan fingerprint density at radius 2 is 2.22 bits per heavy atom. The number of nitrogens with two attached hydrogens (primary N) is 1. The molecule has 0 radical (unpaired) electrons. The fraction of sp³-hybridized carbons (Fsp3) is 0.357. The summed E-state index contributed by atoms with van der Waals surface area (Å²) in [7, 11) is 2.08. The molecule has 1 heterocycles. The van der Waals surface area contributed by atoms with Crippen molar-refractivity contribution in [3.63, 3.8) is 0 Å². The van der Waals surface area contributed by atoms with Gasteiger partial charge in [-0.15, -0.1) is 11.3 Å². The molecule has 4 heteroatoms. The fourth-order valence-electron chi connectivity index (χ4n) is 1.83. The molecule has 0 saturated carbocycles. The summed E-state index contributed by atoms with van der Waals surface area (Å²) in [5.41, 5.74) is 8.28. The summed E-state index contributed by atoms with van der Waals surface area (Å²) in [6.45, 7) is 3.67. The molecule has 0 bridgehead atoms. The van der Waals surface area contributed by atoms with E-state index in [9.17, 15) is 0 Å². The van der Waals surface area contributed by atoms with E-state index >= 15 is 0 Å². The Labute approximate surface area is 112 Å². The van der Waals surface area contributed by atoms with Crippen molar-refractivity contribution in [2.45, 2.75) is 19.9 Å². The van der Waals surface area contributed by atoms with Gasteiger partial charge >= 0.3 is 0 Å². The number of benzene rings is 1. The SMILES string of the molecule is Cc1cccc(CCN(C)c2ncc(CN)s2)c1. The number of likely N-dealkylation sites (N-methyl/N-ethyl adjacent to an activating group) is 1. The monoisotopic (exact) mass is 261 g/mol. The van der Waals surface area contributed by atoms with Crippen LogP contribution in [0.1, 0.15) is 16.0 Å². The predicted molar refractivity (Wildman–Crippen MR) is 78.2 cm³/mol. The van der Waals surface area contributed by atoms with E-state index in [1.807, 2.05) is 6.20 Å². The molecule has 0 fully saturated rings. The first kappa shape index (κ1) is 13.1. The van der Waals surface area contributed by atoms with Gasteiger partial charge in [-0.05, 0) is 18.9 Å². The summed E-state index contributed by atoms with van der Waals surface area (Å²) in [5.74, 6) is 0. The normalized spacial score (nSPS) is 10.6. The summed E-state index contributed by atoms with van der Waals surface area (Å²) in [6.07, 6.45) is 2.90. The molecule has 0 atom stereocenters. The van der Waals surface area contributed by atoms with Crippen LogP contribution in [-0.2, 0) is 13.0 Å². The van der Waals surface area contributed by atoms with Crippen LogP contribution in [-0.4, -0.2) is 18.6 Å². The number of anilines is 1. The van der Waals surface area contributed by atoms with Crippen molar-refractivity contribution in [1.82, 2.24) is 4.98 Å². The van der Waals surface area contributed by atoms with Gasteiger partial charge in [0.05, 0.1) is 0 Å². The first-order chi connectivity index (χ1) is 8.69. The van der Waals surface area contributed by atoms with Crippen molar-refractivity contribution in [3.8, 4) is 0 Å². The molecule has 2 aromatic rings. The van der Waals surface area contributed by atoms with Crippen LogP contribution in [0, 0.1) is 6.92 Å². The molecule has 0 aliphatic heterocycles. The third-order valence-corrected chi connectivity index (χ3v) is 4.02. The molecule has 1 aromatic heterocycles. The number of aromatic nitrogens is 1. The molecule has 0 aliphatic rings. The molecule has 2 N–H and O–H groups in total. The van der Waals surface area contributed by atoms with Crippen LogP contribution < -0.4 is 10.6 Å². The number of rotatable bonds is 5. The zero-order chi connectivity index (χ0) is 13.0. The maximum absolute atomic E-state index is 5.60. The maximum Gasteiger partial charge on any atom is 0.185 e. The summed E-state index contributed by atoms with van der Waals surface area (Å²) < 4.78 is 0. The Morgan fingerprint density at radius 1 is 1.39 bits per heavy atom. The van der Waals surface area contributed by atoms with Crippen molar-refractivity contribution in [2.75, 3.05) is 18.5 Å². The third kappa shape index (κ3) is 3.31. The highest BCUT2D eigenvalue weighted by Gasteiger charge is 2.06. The molecule has 3 nitrogen and oxygen atoms in total. The van der Waals surface area contributed by atoms with Crippen LogP contribution in [0.15, 0.2) is 30.5 Å². The highest BCUT2D eigenvalue weighted by molar-refractivity contribution is 7.15. The number of thiazole rings is 1. The van der Waals surface area contributed by atoms with E-state index in [-0.39, 0.29) is 0 Å². The van der Waals surface area contributed by atoms with Crippen molar-refractivity contribution >= 4 is 16.5 Å². The fourth-order valence-corrected chi connectivity index (χ4v) is 2.60. The summed E-state index contributed by atoms with van der Waals surface area (Å²) in [6, 6.07) is 8.65. The van der Waals surface area contributed by atoms with Crippen LogP contribution >= 0.6 is 11.3 Å². The minimum Gasteiger partial charge on any atom is -0.351 e. The lowest BCUT2D eigenvalue weighted by atomic mass is 10.1. The van der Waals surface area contributed by atoms with Crippen LogP contribution in [0.3, 0.4) is 0 Å². The Morgan fingerprint density at radius 3 is 2.89 bits per heavy atom.